The Balaban J connectivity index is 1.90. The van der Waals surface area contributed by atoms with Crippen LogP contribution >= 0.6 is 0 Å². The normalized spacial score (nSPS) is 18.9. The predicted molar refractivity (Wildman–Crippen MR) is 70.8 cm³/mol. The molecule has 21 heavy (non-hydrogen) atoms. The molecule has 0 aromatic carbocycles. The summed E-state index contributed by atoms with van der Waals surface area (Å²) >= 11 is 0. The molecule has 1 aromatic heterocycles. The van der Waals surface area contributed by atoms with Gasteiger partial charge in [0.05, 0.1) is 17.8 Å². The predicted octanol–water partition coefficient (Wildman–Crippen LogP) is 2.75. The van der Waals surface area contributed by atoms with Crippen LogP contribution in [0.2, 0.25) is 0 Å². The van der Waals surface area contributed by atoms with Crippen LogP contribution in [0, 0.1) is 5.41 Å². The molecule has 0 unspecified atom stereocenters. The third-order valence-corrected chi connectivity index (χ3v) is 3.55. The summed E-state index contributed by atoms with van der Waals surface area (Å²) in [6, 6.07) is 2.30. The first-order valence-corrected chi connectivity index (χ1v) is 6.73. The zero-order chi connectivity index (χ0) is 15.7. The maximum Gasteiger partial charge on any atom is 0.417 e. The molecule has 1 aliphatic rings. The van der Waals surface area contributed by atoms with Crippen LogP contribution in [0.15, 0.2) is 18.3 Å². The van der Waals surface area contributed by atoms with E-state index in [1.807, 2.05) is 13.8 Å². The van der Waals surface area contributed by atoms with Crippen molar-refractivity contribution in [3.8, 4) is 0 Å². The number of nitrogens with one attached hydrogen (secondary N) is 1. The minimum atomic E-state index is -4.38. The molecular weight excluding hydrogens is 283 g/mol. The van der Waals surface area contributed by atoms with E-state index in [4.69, 9.17) is 0 Å². The van der Waals surface area contributed by atoms with Gasteiger partial charge in [-0.05, 0) is 24.0 Å². The van der Waals surface area contributed by atoms with Crippen LogP contribution in [0.4, 0.5) is 13.2 Å². The lowest BCUT2D eigenvalue weighted by Gasteiger charge is -2.36. The lowest BCUT2D eigenvalue weighted by Crippen LogP contribution is -2.49. The van der Waals surface area contributed by atoms with Crippen LogP contribution in [0.1, 0.15) is 37.9 Å². The van der Waals surface area contributed by atoms with Crippen molar-refractivity contribution < 1.29 is 18.0 Å². The van der Waals surface area contributed by atoms with E-state index in [1.165, 1.54) is 11.1 Å². The van der Waals surface area contributed by atoms with Gasteiger partial charge in [-0.2, -0.15) is 13.2 Å². The van der Waals surface area contributed by atoms with Gasteiger partial charge in [0.1, 0.15) is 0 Å². The van der Waals surface area contributed by atoms with Gasteiger partial charge in [-0.25, -0.2) is 5.43 Å². The van der Waals surface area contributed by atoms with Crippen molar-refractivity contribution >= 4 is 5.91 Å². The van der Waals surface area contributed by atoms with Crippen molar-refractivity contribution in [3.63, 3.8) is 0 Å². The summed E-state index contributed by atoms with van der Waals surface area (Å²) in [6.45, 7) is 4.90. The summed E-state index contributed by atoms with van der Waals surface area (Å²) in [6.07, 6.45) is -2.24. The number of amides is 1. The molecule has 0 aliphatic carbocycles. The molecule has 2 rings (SSSR count). The first-order valence-electron chi connectivity index (χ1n) is 6.73. The number of halogens is 3. The molecule has 0 saturated carbocycles. The van der Waals surface area contributed by atoms with Crippen molar-refractivity contribution in [2.45, 2.75) is 39.4 Å². The van der Waals surface area contributed by atoms with Gasteiger partial charge in [-0.3, -0.25) is 14.8 Å². The Labute approximate surface area is 121 Å². The highest BCUT2D eigenvalue weighted by molar-refractivity contribution is 5.77. The molecule has 116 valence electrons. The van der Waals surface area contributed by atoms with Crippen molar-refractivity contribution in [1.82, 2.24) is 15.4 Å². The number of hydrogen-bond donors (Lipinski definition) is 1. The molecule has 2 heterocycles. The molecule has 1 amide bonds. The summed E-state index contributed by atoms with van der Waals surface area (Å²) in [5.41, 5.74) is 2.61. The number of rotatable bonds is 3. The summed E-state index contributed by atoms with van der Waals surface area (Å²) in [5, 5.41) is 1.52. The molecule has 0 radical (unpaired) electrons. The summed E-state index contributed by atoms with van der Waals surface area (Å²) in [5.74, 6) is -0.00170. The Bertz CT molecular complexity index is 511. The minimum absolute atomic E-state index is 0.00170. The highest BCUT2D eigenvalue weighted by Crippen LogP contribution is 2.30. The molecule has 4 nitrogen and oxygen atoms in total. The number of aromatic nitrogens is 1. The molecule has 1 aromatic rings. The first kappa shape index (κ1) is 15.8. The van der Waals surface area contributed by atoms with Gasteiger partial charge in [-0.1, -0.05) is 13.8 Å². The number of hydrogen-bond acceptors (Lipinski definition) is 3. The topological polar surface area (TPSA) is 45.2 Å². The van der Waals surface area contributed by atoms with Gasteiger partial charge >= 0.3 is 6.18 Å². The lowest BCUT2D eigenvalue weighted by molar-refractivity contribution is -0.141. The monoisotopic (exact) mass is 301 g/mol. The Morgan fingerprint density at radius 3 is 2.62 bits per heavy atom. The van der Waals surface area contributed by atoms with Crippen molar-refractivity contribution in [2.24, 2.45) is 5.41 Å². The van der Waals surface area contributed by atoms with Gasteiger partial charge in [0.25, 0.3) is 0 Å². The molecule has 0 atom stereocenters. The van der Waals surface area contributed by atoms with Crippen LogP contribution in [0.3, 0.4) is 0 Å². The van der Waals surface area contributed by atoms with E-state index in [1.54, 1.807) is 0 Å². The second-order valence-corrected chi connectivity index (χ2v) is 6.01. The highest BCUT2D eigenvalue weighted by Gasteiger charge is 2.32. The van der Waals surface area contributed by atoms with E-state index in [-0.39, 0.29) is 17.9 Å². The van der Waals surface area contributed by atoms with Crippen LogP contribution in [0.5, 0.6) is 0 Å². The SMILES string of the molecule is CC1(C)CCN(NCc2ccc(C(F)(F)F)cn2)C(=O)C1. The molecular formula is C14H18F3N3O. The fourth-order valence-corrected chi connectivity index (χ4v) is 2.17. The lowest BCUT2D eigenvalue weighted by atomic mass is 9.83. The third kappa shape index (κ3) is 4.17. The molecule has 0 spiro atoms. The van der Waals surface area contributed by atoms with E-state index in [0.717, 1.165) is 18.7 Å². The van der Waals surface area contributed by atoms with Crippen LogP contribution in [-0.4, -0.2) is 22.4 Å². The average molecular weight is 301 g/mol. The zero-order valence-corrected chi connectivity index (χ0v) is 12.0. The Hall–Kier alpha value is -1.63. The molecule has 7 heteroatoms. The number of alkyl halides is 3. The van der Waals surface area contributed by atoms with Gasteiger partial charge in [0.2, 0.25) is 5.91 Å². The minimum Gasteiger partial charge on any atom is -0.278 e. The number of piperidine rings is 1. The Morgan fingerprint density at radius 1 is 1.38 bits per heavy atom. The third-order valence-electron chi connectivity index (χ3n) is 3.55. The molecule has 1 aliphatic heterocycles. The molecule has 1 saturated heterocycles. The number of nitrogens with zero attached hydrogens (tertiary/aromatic N) is 2. The second-order valence-electron chi connectivity index (χ2n) is 6.01. The second kappa shape index (κ2) is 5.63. The number of pyridine rings is 1. The van der Waals surface area contributed by atoms with E-state index in [2.05, 4.69) is 10.4 Å². The largest absolute Gasteiger partial charge is 0.417 e. The van der Waals surface area contributed by atoms with Crippen molar-refractivity contribution in [2.75, 3.05) is 6.54 Å². The van der Waals surface area contributed by atoms with E-state index in [0.29, 0.717) is 18.7 Å². The number of carbonyl (C=O) groups excluding carboxylic acids is 1. The van der Waals surface area contributed by atoms with E-state index < -0.39 is 11.7 Å². The Kier molecular flexibility index (Phi) is 4.22. The quantitative estimate of drug-likeness (QED) is 0.933. The molecule has 1 fully saturated rings. The van der Waals surface area contributed by atoms with Gasteiger partial charge in [0.15, 0.2) is 0 Å². The van der Waals surface area contributed by atoms with Crippen LogP contribution in [-0.2, 0) is 17.5 Å². The van der Waals surface area contributed by atoms with Gasteiger partial charge in [-0.15, -0.1) is 0 Å². The van der Waals surface area contributed by atoms with Gasteiger partial charge in [0, 0.05) is 19.2 Å². The number of carbonyl (C=O) groups is 1. The van der Waals surface area contributed by atoms with Crippen LogP contribution < -0.4 is 5.43 Å². The molecule has 1 N–H and O–H groups in total. The summed E-state index contributed by atoms with van der Waals surface area (Å²) in [4.78, 5) is 15.7. The van der Waals surface area contributed by atoms with E-state index in [9.17, 15) is 18.0 Å². The molecule has 0 bridgehead atoms. The fourth-order valence-electron chi connectivity index (χ4n) is 2.17. The summed E-state index contributed by atoms with van der Waals surface area (Å²) in [7, 11) is 0. The van der Waals surface area contributed by atoms with Crippen molar-refractivity contribution in [1.29, 1.82) is 0 Å². The smallest absolute Gasteiger partial charge is 0.278 e. The maximum absolute atomic E-state index is 12.4. The van der Waals surface area contributed by atoms with Crippen LogP contribution in [0.25, 0.3) is 0 Å². The maximum atomic E-state index is 12.4. The van der Waals surface area contributed by atoms with E-state index >= 15 is 0 Å². The average Bonchev–Trinajstić information content (AvgIpc) is 2.36. The zero-order valence-electron chi connectivity index (χ0n) is 12.0. The van der Waals surface area contributed by atoms with Crippen molar-refractivity contribution in [3.05, 3.63) is 29.6 Å². The first-order chi connectivity index (χ1) is 9.67. The standard InChI is InChI=1S/C14H18F3N3O/c1-13(2)5-6-20(12(21)7-13)19-9-11-4-3-10(8-18-11)14(15,16)17/h3-4,8,19H,5-7,9H2,1-2H3. The fraction of sp³-hybridized carbons (Fsp3) is 0.571. The highest BCUT2D eigenvalue weighted by atomic mass is 19.4. The van der Waals surface area contributed by atoms with Gasteiger partial charge < -0.3 is 0 Å². The summed E-state index contributed by atoms with van der Waals surface area (Å²) < 4.78 is 37.2. The number of hydrazine groups is 1. The Morgan fingerprint density at radius 2 is 2.10 bits per heavy atom.